The highest BCUT2D eigenvalue weighted by Gasteiger charge is 2.47. The average molecular weight is 547 g/mol. The van der Waals surface area contributed by atoms with Gasteiger partial charge >= 0.3 is 5.97 Å². The molecule has 1 atom stereocenters. The molecule has 0 bridgehead atoms. The summed E-state index contributed by atoms with van der Waals surface area (Å²) < 4.78 is 16.3. The van der Waals surface area contributed by atoms with Gasteiger partial charge in [-0.15, -0.1) is 0 Å². The molecule has 0 fully saturated rings. The monoisotopic (exact) mass is 546 g/mol. The van der Waals surface area contributed by atoms with Crippen LogP contribution < -0.4 is 9.64 Å². The van der Waals surface area contributed by atoms with Crippen molar-refractivity contribution < 1.29 is 33.4 Å². The number of thiazole rings is 1. The van der Waals surface area contributed by atoms with Crippen LogP contribution in [0, 0.1) is 6.92 Å². The third-order valence-electron chi connectivity index (χ3n) is 6.56. The van der Waals surface area contributed by atoms with Gasteiger partial charge in [0.15, 0.2) is 28.0 Å². The Balaban J connectivity index is 1.64. The zero-order valence-electron chi connectivity index (χ0n) is 21.8. The summed E-state index contributed by atoms with van der Waals surface area (Å²) in [4.78, 5) is 45.8. The summed E-state index contributed by atoms with van der Waals surface area (Å²) in [6, 6.07) is 13.2. The smallest absolute Gasteiger partial charge is 0.350 e. The standard InChI is InChI=1S/C29H26N2O7S/c1-5-16-10-12-17(13-11-16)22-21(23(32)20-14-18-8-7-9-19(36-4)25(18)38-20)24(33)27(34)31(22)29-30-15(3)26(39-29)28(35)37-6-2/h7-14,22,33H,5-6H2,1-4H3. The van der Waals surface area contributed by atoms with E-state index < -0.39 is 29.5 Å². The van der Waals surface area contributed by atoms with Gasteiger partial charge < -0.3 is 19.0 Å². The molecule has 1 aliphatic rings. The molecule has 2 aromatic heterocycles. The van der Waals surface area contributed by atoms with Gasteiger partial charge in [-0.1, -0.05) is 54.7 Å². The third kappa shape index (κ3) is 4.46. The van der Waals surface area contributed by atoms with Gasteiger partial charge in [0, 0.05) is 5.39 Å². The van der Waals surface area contributed by atoms with Gasteiger partial charge in [-0.05, 0) is 43.5 Å². The van der Waals surface area contributed by atoms with Crippen LogP contribution in [0.15, 0.2) is 64.3 Å². The highest BCUT2D eigenvalue weighted by atomic mass is 32.1. The van der Waals surface area contributed by atoms with Crippen molar-refractivity contribution in [1.82, 2.24) is 4.98 Å². The number of ether oxygens (including phenoxy) is 2. The summed E-state index contributed by atoms with van der Waals surface area (Å²) in [6.45, 7) is 5.54. The van der Waals surface area contributed by atoms with Crippen molar-refractivity contribution in [1.29, 1.82) is 0 Å². The van der Waals surface area contributed by atoms with E-state index in [-0.39, 0.29) is 27.9 Å². The number of aliphatic hydroxyl groups is 1. The highest BCUT2D eigenvalue weighted by Crippen LogP contribution is 2.44. The molecule has 1 aliphatic heterocycles. The Morgan fingerprint density at radius 3 is 2.56 bits per heavy atom. The second kappa shape index (κ2) is 10.4. The fraction of sp³-hybridized carbons (Fsp3) is 0.241. The minimum Gasteiger partial charge on any atom is -0.503 e. The van der Waals surface area contributed by atoms with Crippen LogP contribution in [-0.2, 0) is 16.0 Å². The van der Waals surface area contributed by atoms with Crippen LogP contribution in [0.1, 0.15) is 56.9 Å². The Bertz CT molecular complexity index is 1630. The van der Waals surface area contributed by atoms with Crippen LogP contribution in [0.5, 0.6) is 5.75 Å². The summed E-state index contributed by atoms with van der Waals surface area (Å²) in [5.74, 6) is -2.32. The van der Waals surface area contributed by atoms with E-state index in [1.165, 1.54) is 12.0 Å². The maximum atomic E-state index is 13.9. The lowest BCUT2D eigenvalue weighted by Gasteiger charge is -2.24. The van der Waals surface area contributed by atoms with Gasteiger partial charge in [-0.2, -0.15) is 0 Å². The number of nitrogens with zero attached hydrogens (tertiary/aromatic N) is 2. The lowest BCUT2D eigenvalue weighted by molar-refractivity contribution is -0.117. The SMILES string of the molecule is CCOC(=O)c1sc(N2C(=O)C(O)=C(C(=O)c3cc4cccc(OC)c4o3)C2c2ccc(CC)cc2)nc1C. The molecule has 0 spiro atoms. The molecule has 1 unspecified atom stereocenters. The van der Waals surface area contributed by atoms with Crippen molar-refractivity contribution in [2.45, 2.75) is 33.2 Å². The van der Waals surface area contributed by atoms with Crippen LogP contribution in [0.3, 0.4) is 0 Å². The number of ketones is 1. The minimum absolute atomic E-state index is 0.0524. The van der Waals surface area contributed by atoms with Crippen molar-refractivity contribution in [2.75, 3.05) is 18.6 Å². The molecule has 2 aromatic carbocycles. The van der Waals surface area contributed by atoms with E-state index >= 15 is 0 Å². The largest absolute Gasteiger partial charge is 0.503 e. The number of rotatable bonds is 8. The van der Waals surface area contributed by atoms with Crippen LogP contribution in [0.25, 0.3) is 11.0 Å². The number of fused-ring (bicyclic) bond motifs is 1. The van der Waals surface area contributed by atoms with E-state index in [0.717, 1.165) is 23.3 Å². The van der Waals surface area contributed by atoms with Crippen molar-refractivity contribution >= 4 is 45.1 Å². The number of furan rings is 1. The fourth-order valence-corrected chi connectivity index (χ4v) is 5.59. The number of para-hydroxylation sites is 1. The van der Waals surface area contributed by atoms with Crippen molar-refractivity contribution in [3.63, 3.8) is 0 Å². The van der Waals surface area contributed by atoms with Gasteiger partial charge in [-0.25, -0.2) is 9.78 Å². The Morgan fingerprint density at radius 2 is 1.90 bits per heavy atom. The normalized spacial score (nSPS) is 15.3. The second-order valence-electron chi connectivity index (χ2n) is 8.88. The van der Waals surface area contributed by atoms with E-state index in [9.17, 15) is 19.5 Å². The van der Waals surface area contributed by atoms with E-state index in [4.69, 9.17) is 13.9 Å². The van der Waals surface area contributed by atoms with Gasteiger partial charge in [-0.3, -0.25) is 14.5 Å². The van der Waals surface area contributed by atoms with Gasteiger partial charge in [0.1, 0.15) is 4.88 Å². The number of Topliss-reactive ketones (excluding diaryl/α,β-unsaturated/α-hetero) is 1. The number of benzene rings is 2. The Kier molecular flexibility index (Phi) is 6.96. The molecule has 0 saturated carbocycles. The average Bonchev–Trinajstić information content (AvgIpc) is 3.62. The molecule has 10 heteroatoms. The molecule has 1 N–H and O–H groups in total. The summed E-state index contributed by atoms with van der Waals surface area (Å²) in [5, 5.41) is 11.9. The number of carbonyl (C=O) groups is 3. The van der Waals surface area contributed by atoms with Gasteiger partial charge in [0.05, 0.1) is 31.0 Å². The molecule has 0 aliphatic carbocycles. The number of hydrogen-bond donors (Lipinski definition) is 1. The predicted molar refractivity (Wildman–Crippen MR) is 146 cm³/mol. The number of amides is 1. The molecule has 200 valence electrons. The van der Waals surface area contributed by atoms with E-state index in [1.807, 2.05) is 31.2 Å². The van der Waals surface area contributed by atoms with Crippen LogP contribution in [0.4, 0.5) is 5.13 Å². The second-order valence-corrected chi connectivity index (χ2v) is 9.86. The molecule has 5 rings (SSSR count). The Labute approximate surface area is 228 Å². The topological polar surface area (TPSA) is 119 Å². The zero-order valence-corrected chi connectivity index (χ0v) is 22.6. The maximum Gasteiger partial charge on any atom is 0.350 e. The number of aryl methyl sites for hydroxylation is 2. The molecule has 1 amide bonds. The van der Waals surface area contributed by atoms with Crippen LogP contribution >= 0.6 is 11.3 Å². The zero-order chi connectivity index (χ0) is 27.8. The summed E-state index contributed by atoms with van der Waals surface area (Å²) in [7, 11) is 1.50. The van der Waals surface area contributed by atoms with E-state index in [0.29, 0.717) is 28.0 Å². The highest BCUT2D eigenvalue weighted by molar-refractivity contribution is 7.17. The third-order valence-corrected chi connectivity index (χ3v) is 7.70. The van der Waals surface area contributed by atoms with E-state index in [2.05, 4.69) is 4.98 Å². The Morgan fingerprint density at radius 1 is 1.15 bits per heavy atom. The van der Waals surface area contributed by atoms with Crippen LogP contribution in [0.2, 0.25) is 0 Å². The van der Waals surface area contributed by atoms with Gasteiger partial charge in [0.25, 0.3) is 5.91 Å². The summed E-state index contributed by atoms with van der Waals surface area (Å²) >= 11 is 0.965. The molecule has 0 radical (unpaired) electrons. The molecule has 4 aromatic rings. The first-order chi connectivity index (χ1) is 18.8. The minimum atomic E-state index is -1.01. The molecule has 0 saturated heterocycles. The predicted octanol–water partition coefficient (Wildman–Crippen LogP) is 5.73. The molecular weight excluding hydrogens is 520 g/mol. The Hall–Kier alpha value is -4.44. The quantitative estimate of drug-likeness (QED) is 0.220. The fourth-order valence-electron chi connectivity index (χ4n) is 4.60. The number of carbonyl (C=O) groups excluding carboxylic acids is 3. The number of anilines is 1. The first kappa shape index (κ1) is 26.2. The lowest BCUT2D eigenvalue weighted by atomic mass is 9.94. The number of methoxy groups -OCH3 is 1. The number of esters is 1. The first-order valence-corrected chi connectivity index (χ1v) is 13.2. The number of aromatic nitrogens is 1. The summed E-state index contributed by atoms with van der Waals surface area (Å²) in [5.41, 5.74) is 2.27. The van der Waals surface area contributed by atoms with Crippen molar-refractivity contribution in [2.24, 2.45) is 0 Å². The molecular formula is C29H26N2O7S. The number of hydrogen-bond acceptors (Lipinski definition) is 9. The summed E-state index contributed by atoms with van der Waals surface area (Å²) in [6.07, 6.45) is 0.801. The maximum absolute atomic E-state index is 13.9. The molecule has 9 nitrogen and oxygen atoms in total. The molecule has 39 heavy (non-hydrogen) atoms. The van der Waals surface area contributed by atoms with Gasteiger partial charge in [0.2, 0.25) is 5.78 Å². The molecule has 3 heterocycles. The number of aliphatic hydroxyl groups excluding tert-OH is 1. The lowest BCUT2D eigenvalue weighted by Crippen LogP contribution is -2.31. The van der Waals surface area contributed by atoms with Crippen molar-refractivity contribution in [3.05, 3.63) is 87.3 Å². The van der Waals surface area contributed by atoms with Crippen molar-refractivity contribution in [3.8, 4) is 5.75 Å². The van der Waals surface area contributed by atoms with Crippen LogP contribution in [-0.4, -0.2) is 41.5 Å². The van der Waals surface area contributed by atoms with E-state index in [1.54, 1.807) is 38.1 Å². The first-order valence-electron chi connectivity index (χ1n) is 12.4.